The Morgan fingerprint density at radius 1 is 0.460 bits per heavy atom. The first-order valence-corrected chi connectivity index (χ1v) is 18.9. The van der Waals surface area contributed by atoms with Crippen LogP contribution >= 0.6 is 0 Å². The van der Waals surface area contributed by atoms with Gasteiger partial charge >= 0.3 is 40.8 Å². The molecule has 0 fully saturated rings. The second-order valence-corrected chi connectivity index (χ2v) is 13.2. The summed E-state index contributed by atoms with van der Waals surface area (Å²) in [5.74, 6) is 0. The smallest absolute Gasteiger partial charge is 1.00 e. The van der Waals surface area contributed by atoms with Gasteiger partial charge in [0, 0.05) is 0 Å². The average Bonchev–Trinajstić information content (AvgIpc) is 3.08. The van der Waals surface area contributed by atoms with E-state index in [1.54, 1.807) is 0 Å². The maximum absolute atomic E-state index is 5.16. The number of nitrogens with zero attached hydrogens (tertiary/aromatic N) is 3. The van der Waals surface area contributed by atoms with Crippen LogP contribution in [0.2, 0.25) is 0 Å². The number of rotatable bonds is 22. The van der Waals surface area contributed by atoms with E-state index in [0.29, 0.717) is 0 Å². The summed E-state index contributed by atoms with van der Waals surface area (Å²) in [4.78, 5) is 15.3. The Morgan fingerprint density at radius 2 is 0.740 bits per heavy atom. The van der Waals surface area contributed by atoms with Gasteiger partial charge in [0.15, 0.2) is 0 Å². The molecule has 0 saturated carbocycles. The van der Waals surface area contributed by atoms with E-state index in [-0.39, 0.29) is 78.1 Å². The summed E-state index contributed by atoms with van der Waals surface area (Å²) in [5.41, 5.74) is 12.7. The van der Waals surface area contributed by atoms with Crippen LogP contribution in [0.4, 0.5) is 11.4 Å². The van der Waals surface area contributed by atoms with Crippen LogP contribution in [-0.4, -0.2) is 17.4 Å². The number of aliphatic imine (C=N–C) groups is 2. The third-order valence-corrected chi connectivity index (χ3v) is 8.94. The number of benzene rings is 2. The van der Waals surface area contributed by atoms with E-state index in [1.807, 2.05) is 12.4 Å². The van der Waals surface area contributed by atoms with Crippen molar-refractivity contribution in [3.05, 3.63) is 87.2 Å². The van der Waals surface area contributed by atoms with Gasteiger partial charge in [-0.2, -0.15) is 0 Å². The van der Waals surface area contributed by atoms with Crippen LogP contribution in [-0.2, 0) is 38.5 Å². The molecule has 0 unspecified atom stereocenters. The summed E-state index contributed by atoms with van der Waals surface area (Å²) in [6.45, 7) is 13.7. The van der Waals surface area contributed by atoms with Crippen molar-refractivity contribution in [1.82, 2.24) is 4.98 Å². The standard InChI is InChI=1S/C43H63N3.3ClH.Nd/c1-7-13-20-34-28-36(22-15-9-3)42(37(29-34)23-16-10-4)44-32-40-26-19-27-41(46-40)33-45-43-38(24-17-11-5)30-35(21-14-8-2)31-39(43)25-18-12-6;;;;/h19,26-33H,7-18,20-25H2,1-6H3;3*1H;/q;;;;+3/p-3. The summed E-state index contributed by atoms with van der Waals surface area (Å²) >= 11 is 0. The molecule has 1 aromatic heterocycles. The number of unbranched alkanes of at least 4 members (excludes halogenated alkanes) is 6. The van der Waals surface area contributed by atoms with Crippen molar-refractivity contribution in [2.24, 2.45) is 9.98 Å². The minimum atomic E-state index is 0. The van der Waals surface area contributed by atoms with Crippen LogP contribution in [0.5, 0.6) is 0 Å². The molecule has 0 aliphatic rings. The fraction of sp³-hybridized carbons (Fsp3) is 0.558. The topological polar surface area (TPSA) is 37.6 Å². The molecule has 0 saturated heterocycles. The maximum atomic E-state index is 5.16. The quantitative estimate of drug-likeness (QED) is 0.142. The first-order valence-electron chi connectivity index (χ1n) is 18.9. The van der Waals surface area contributed by atoms with Crippen LogP contribution in [0.25, 0.3) is 0 Å². The molecule has 3 rings (SSSR count). The zero-order chi connectivity index (χ0) is 33.0. The molecule has 1 radical (unpaired) electrons. The Hall–Kier alpha value is -0.849. The summed E-state index contributed by atoms with van der Waals surface area (Å²) < 4.78 is 0. The van der Waals surface area contributed by atoms with Crippen molar-refractivity contribution in [3.8, 4) is 0 Å². The van der Waals surface area contributed by atoms with Crippen molar-refractivity contribution in [3.63, 3.8) is 0 Å². The Bertz CT molecular complexity index is 1230. The molecule has 3 aromatic rings. The Morgan fingerprint density at radius 3 is 1.02 bits per heavy atom. The van der Waals surface area contributed by atoms with Gasteiger partial charge in [-0.3, -0.25) is 9.98 Å². The minimum absolute atomic E-state index is 0. The molecule has 0 N–H and O–H groups in total. The molecule has 2 aromatic carbocycles. The number of pyridine rings is 1. The monoisotopic (exact) mass is 868 g/mol. The molecule has 0 aliphatic carbocycles. The van der Waals surface area contributed by atoms with Crippen molar-refractivity contribution < 1.29 is 78.1 Å². The molecular weight excluding hydrogens is 809 g/mol. The van der Waals surface area contributed by atoms with Gasteiger partial charge in [0.25, 0.3) is 0 Å². The molecule has 3 nitrogen and oxygen atoms in total. The number of aryl methyl sites for hydroxylation is 6. The normalized spacial score (nSPS) is 10.8. The van der Waals surface area contributed by atoms with E-state index in [0.717, 1.165) is 49.9 Å². The summed E-state index contributed by atoms with van der Waals surface area (Å²) in [5, 5.41) is 0. The first kappa shape index (κ1) is 51.3. The van der Waals surface area contributed by atoms with Gasteiger partial charge in [-0.05, 0) is 123 Å². The van der Waals surface area contributed by atoms with Gasteiger partial charge in [0.1, 0.15) is 0 Å². The maximum Gasteiger partial charge on any atom is 3.00 e. The minimum Gasteiger partial charge on any atom is -1.00 e. The molecule has 50 heavy (non-hydrogen) atoms. The number of halogens is 3. The van der Waals surface area contributed by atoms with E-state index in [1.165, 1.54) is 122 Å². The van der Waals surface area contributed by atoms with Crippen molar-refractivity contribution in [1.29, 1.82) is 0 Å². The van der Waals surface area contributed by atoms with Gasteiger partial charge in [0.2, 0.25) is 0 Å². The molecule has 0 amide bonds. The van der Waals surface area contributed by atoms with Crippen molar-refractivity contribution >= 4 is 23.8 Å². The number of hydrogen-bond acceptors (Lipinski definition) is 3. The van der Waals surface area contributed by atoms with Crippen LogP contribution in [0.15, 0.2) is 52.4 Å². The molecule has 275 valence electrons. The van der Waals surface area contributed by atoms with E-state index in [2.05, 4.69) is 84.0 Å². The summed E-state index contributed by atoms with van der Waals surface area (Å²) in [6, 6.07) is 16.0. The zero-order valence-electron chi connectivity index (χ0n) is 31.9. The van der Waals surface area contributed by atoms with Crippen molar-refractivity contribution in [2.45, 2.75) is 157 Å². The van der Waals surface area contributed by atoms with E-state index < -0.39 is 0 Å². The molecule has 7 heteroatoms. The number of hydrogen-bond donors (Lipinski definition) is 0. The Kier molecular flexibility index (Phi) is 31.4. The van der Waals surface area contributed by atoms with Gasteiger partial charge in [-0.15, -0.1) is 0 Å². The molecule has 0 spiro atoms. The predicted octanol–water partition coefficient (Wildman–Crippen LogP) is 3.65. The summed E-state index contributed by atoms with van der Waals surface area (Å²) in [6.07, 6.45) is 25.1. The molecule has 0 bridgehead atoms. The molecule has 1 heterocycles. The molecule has 0 aliphatic heterocycles. The summed E-state index contributed by atoms with van der Waals surface area (Å²) in [7, 11) is 0. The third-order valence-electron chi connectivity index (χ3n) is 8.94. The Labute approximate surface area is 358 Å². The van der Waals surface area contributed by atoms with E-state index in [9.17, 15) is 0 Å². The van der Waals surface area contributed by atoms with Gasteiger partial charge in [-0.1, -0.05) is 110 Å². The first-order chi connectivity index (χ1) is 22.6. The second-order valence-electron chi connectivity index (χ2n) is 13.2. The second kappa shape index (κ2) is 30.6. The molecule has 0 atom stereocenters. The van der Waals surface area contributed by atoms with Gasteiger partial charge < -0.3 is 37.2 Å². The SMILES string of the molecule is CCCCc1cc(CCCC)c(N=Cc2cccc(C=Nc3c(CCCC)cc(CCCC)cc3CCCC)n2)c(CCCC)c1.[Cl-].[Cl-].[Cl-].[Nd+3]. The fourth-order valence-electron chi connectivity index (χ4n) is 6.15. The third kappa shape index (κ3) is 17.8. The predicted molar refractivity (Wildman–Crippen MR) is 203 cm³/mol. The van der Waals surface area contributed by atoms with E-state index in [4.69, 9.17) is 15.0 Å². The van der Waals surface area contributed by atoms with Crippen LogP contribution < -0.4 is 37.2 Å². The van der Waals surface area contributed by atoms with Gasteiger partial charge in [0.05, 0.1) is 35.2 Å². The van der Waals surface area contributed by atoms with E-state index >= 15 is 0 Å². The molecular formula is C43H63Cl3N3Nd. The Balaban J connectivity index is 0. The zero-order valence-corrected chi connectivity index (χ0v) is 37.4. The average molecular weight is 873 g/mol. The number of aromatic nitrogens is 1. The van der Waals surface area contributed by atoms with Crippen LogP contribution in [0.3, 0.4) is 0 Å². The largest absolute Gasteiger partial charge is 3.00 e. The van der Waals surface area contributed by atoms with Crippen LogP contribution in [0, 0.1) is 40.8 Å². The van der Waals surface area contributed by atoms with Crippen molar-refractivity contribution in [2.75, 3.05) is 0 Å². The van der Waals surface area contributed by atoms with Gasteiger partial charge in [-0.25, -0.2) is 4.98 Å². The fourth-order valence-corrected chi connectivity index (χ4v) is 6.15. The van der Waals surface area contributed by atoms with Crippen LogP contribution in [0.1, 0.15) is 163 Å².